The monoisotopic (exact) mass is 378 g/mol. The molecule has 0 spiro atoms. The Labute approximate surface area is 155 Å². The number of aliphatic hydroxyl groups is 1. The minimum absolute atomic E-state index is 0.0521. The molecule has 3 amide bonds. The molecule has 0 bridgehead atoms. The quantitative estimate of drug-likeness (QED) is 0.468. The molecule has 0 saturated heterocycles. The highest BCUT2D eigenvalue weighted by Gasteiger charge is 2.14. The second-order valence-corrected chi connectivity index (χ2v) is 6.48. The molecule has 140 valence electrons. The number of hydrogen-bond donors (Lipinski definition) is 3. The van der Waals surface area contributed by atoms with Crippen LogP contribution in [0.3, 0.4) is 0 Å². The number of benzene rings is 1. The van der Waals surface area contributed by atoms with Crippen LogP contribution in [-0.2, 0) is 11.3 Å². The van der Waals surface area contributed by atoms with E-state index in [2.05, 4.69) is 15.6 Å². The summed E-state index contributed by atoms with van der Waals surface area (Å²) < 4.78 is 1.45. The summed E-state index contributed by atoms with van der Waals surface area (Å²) in [7, 11) is 0. The molecule has 1 aromatic heterocycles. The molecule has 3 N–H and O–H groups in total. The van der Waals surface area contributed by atoms with Crippen molar-refractivity contribution in [2.75, 3.05) is 18.9 Å². The Morgan fingerprint density at radius 3 is 2.81 bits per heavy atom. The number of rotatable bonds is 8. The standard InChI is InChI=1S/C17H22N4O4S/c1-2-8-18-16(25)20-14(23)11-26-17-19-13-7-4-3-6-12(13)15(24)21(17)9-5-10-22/h3-4,6-7,22H,2,5,8-11H2,1H3,(H2,18,20,23,25). The number of hydrogen-bond acceptors (Lipinski definition) is 6. The van der Waals surface area contributed by atoms with Crippen molar-refractivity contribution >= 4 is 34.6 Å². The van der Waals surface area contributed by atoms with Crippen molar-refractivity contribution in [1.82, 2.24) is 20.2 Å². The zero-order valence-corrected chi connectivity index (χ0v) is 15.3. The van der Waals surface area contributed by atoms with E-state index in [1.165, 1.54) is 4.57 Å². The first-order valence-electron chi connectivity index (χ1n) is 8.37. The van der Waals surface area contributed by atoms with Gasteiger partial charge in [0.2, 0.25) is 5.91 Å². The van der Waals surface area contributed by atoms with Crippen molar-refractivity contribution in [3.8, 4) is 0 Å². The number of thioether (sulfide) groups is 1. The molecule has 26 heavy (non-hydrogen) atoms. The second kappa shape index (κ2) is 9.93. The summed E-state index contributed by atoms with van der Waals surface area (Å²) in [6.45, 7) is 2.64. The normalized spacial score (nSPS) is 10.7. The van der Waals surface area contributed by atoms with Gasteiger partial charge in [0.25, 0.3) is 5.56 Å². The summed E-state index contributed by atoms with van der Waals surface area (Å²) in [6, 6.07) is 6.43. The fraction of sp³-hybridized carbons (Fsp3) is 0.412. The molecular weight excluding hydrogens is 356 g/mol. The third-order valence-electron chi connectivity index (χ3n) is 3.49. The van der Waals surface area contributed by atoms with E-state index in [0.29, 0.717) is 35.6 Å². The summed E-state index contributed by atoms with van der Waals surface area (Å²) in [4.78, 5) is 40.5. The van der Waals surface area contributed by atoms with E-state index in [9.17, 15) is 14.4 Å². The molecular formula is C17H22N4O4S. The topological polar surface area (TPSA) is 113 Å². The molecule has 0 unspecified atom stereocenters. The number of imide groups is 1. The summed E-state index contributed by atoms with van der Waals surface area (Å²) in [6.07, 6.45) is 1.17. The van der Waals surface area contributed by atoms with Gasteiger partial charge < -0.3 is 10.4 Å². The van der Waals surface area contributed by atoms with Crippen LogP contribution in [0.1, 0.15) is 19.8 Å². The second-order valence-electron chi connectivity index (χ2n) is 5.54. The predicted octanol–water partition coefficient (Wildman–Crippen LogP) is 1.11. The van der Waals surface area contributed by atoms with E-state index in [-0.39, 0.29) is 17.9 Å². The highest BCUT2D eigenvalue weighted by molar-refractivity contribution is 7.99. The maximum atomic E-state index is 12.7. The lowest BCUT2D eigenvalue weighted by Gasteiger charge is -2.12. The first kappa shape index (κ1) is 19.9. The van der Waals surface area contributed by atoms with Gasteiger partial charge >= 0.3 is 6.03 Å². The summed E-state index contributed by atoms with van der Waals surface area (Å²) >= 11 is 1.08. The summed E-state index contributed by atoms with van der Waals surface area (Å²) in [5.41, 5.74) is 0.328. The molecule has 0 aliphatic carbocycles. The zero-order valence-electron chi connectivity index (χ0n) is 14.5. The van der Waals surface area contributed by atoms with Gasteiger partial charge in [-0.25, -0.2) is 9.78 Å². The lowest BCUT2D eigenvalue weighted by atomic mass is 10.2. The van der Waals surface area contributed by atoms with Crippen LogP contribution in [-0.4, -0.2) is 45.5 Å². The zero-order chi connectivity index (χ0) is 18.9. The first-order valence-corrected chi connectivity index (χ1v) is 9.36. The van der Waals surface area contributed by atoms with Gasteiger partial charge in [-0.1, -0.05) is 30.8 Å². The van der Waals surface area contributed by atoms with Gasteiger partial charge in [-0.2, -0.15) is 0 Å². The van der Waals surface area contributed by atoms with Gasteiger partial charge in [0, 0.05) is 19.7 Å². The molecule has 2 rings (SSSR count). The van der Waals surface area contributed by atoms with E-state index in [1.807, 2.05) is 6.92 Å². The molecule has 1 aromatic carbocycles. The largest absolute Gasteiger partial charge is 0.396 e. The van der Waals surface area contributed by atoms with Gasteiger partial charge in [0.05, 0.1) is 16.7 Å². The number of fused-ring (bicyclic) bond motifs is 1. The van der Waals surface area contributed by atoms with Gasteiger partial charge in [-0.05, 0) is 25.0 Å². The van der Waals surface area contributed by atoms with Crippen LogP contribution in [0.4, 0.5) is 4.79 Å². The van der Waals surface area contributed by atoms with Crippen molar-refractivity contribution in [1.29, 1.82) is 0 Å². The van der Waals surface area contributed by atoms with Crippen LogP contribution in [0.25, 0.3) is 10.9 Å². The molecule has 1 heterocycles. The van der Waals surface area contributed by atoms with Crippen LogP contribution < -0.4 is 16.2 Å². The Morgan fingerprint density at radius 2 is 2.08 bits per heavy atom. The van der Waals surface area contributed by atoms with Crippen LogP contribution in [0.15, 0.2) is 34.2 Å². The molecule has 9 heteroatoms. The summed E-state index contributed by atoms with van der Waals surface area (Å²) in [5, 5.41) is 14.7. The van der Waals surface area contributed by atoms with Crippen molar-refractivity contribution < 1.29 is 14.7 Å². The molecule has 0 fully saturated rings. The Hall–Kier alpha value is -2.39. The fourth-order valence-corrected chi connectivity index (χ4v) is 3.08. The van der Waals surface area contributed by atoms with Crippen LogP contribution in [0, 0.1) is 0 Å². The number of carbonyl (C=O) groups excluding carboxylic acids is 2. The molecule has 0 atom stereocenters. The average Bonchev–Trinajstić information content (AvgIpc) is 2.64. The molecule has 0 saturated carbocycles. The lowest BCUT2D eigenvalue weighted by Crippen LogP contribution is -2.40. The SMILES string of the molecule is CCCNC(=O)NC(=O)CSc1nc2ccccc2c(=O)n1CCCO. The average molecular weight is 378 g/mol. The van der Waals surface area contributed by atoms with Crippen molar-refractivity contribution in [3.63, 3.8) is 0 Å². The number of aromatic nitrogens is 2. The summed E-state index contributed by atoms with van der Waals surface area (Å²) in [5.74, 6) is -0.525. The lowest BCUT2D eigenvalue weighted by molar-refractivity contribution is -0.117. The Morgan fingerprint density at radius 1 is 1.31 bits per heavy atom. The number of nitrogens with one attached hydrogen (secondary N) is 2. The Kier molecular flexibility index (Phi) is 7.61. The third-order valence-corrected chi connectivity index (χ3v) is 4.46. The fourth-order valence-electron chi connectivity index (χ4n) is 2.26. The maximum Gasteiger partial charge on any atom is 0.321 e. The number of amides is 3. The molecule has 0 aliphatic heterocycles. The smallest absolute Gasteiger partial charge is 0.321 e. The highest BCUT2D eigenvalue weighted by atomic mass is 32.2. The minimum Gasteiger partial charge on any atom is -0.396 e. The number of urea groups is 1. The molecule has 0 aliphatic rings. The van der Waals surface area contributed by atoms with Crippen LogP contribution >= 0.6 is 11.8 Å². The van der Waals surface area contributed by atoms with Gasteiger partial charge in [-0.15, -0.1) is 0 Å². The number of nitrogens with zero attached hydrogens (tertiary/aromatic N) is 2. The van der Waals surface area contributed by atoms with E-state index in [0.717, 1.165) is 18.2 Å². The van der Waals surface area contributed by atoms with Gasteiger partial charge in [0.1, 0.15) is 0 Å². The Balaban J connectivity index is 2.15. The minimum atomic E-state index is -0.540. The van der Waals surface area contributed by atoms with Crippen LogP contribution in [0.5, 0.6) is 0 Å². The van der Waals surface area contributed by atoms with E-state index in [1.54, 1.807) is 24.3 Å². The third kappa shape index (κ3) is 5.30. The first-order chi connectivity index (χ1) is 12.6. The highest BCUT2D eigenvalue weighted by Crippen LogP contribution is 2.17. The van der Waals surface area contributed by atoms with E-state index >= 15 is 0 Å². The Bertz CT molecular complexity index is 837. The van der Waals surface area contributed by atoms with Gasteiger partial charge in [0.15, 0.2) is 5.16 Å². The van der Waals surface area contributed by atoms with Crippen molar-refractivity contribution in [2.45, 2.75) is 31.5 Å². The van der Waals surface area contributed by atoms with Crippen LogP contribution in [0.2, 0.25) is 0 Å². The molecule has 0 radical (unpaired) electrons. The number of aliphatic hydroxyl groups excluding tert-OH is 1. The number of para-hydroxylation sites is 1. The predicted molar refractivity (Wildman–Crippen MR) is 100 cm³/mol. The van der Waals surface area contributed by atoms with Gasteiger partial charge in [-0.3, -0.25) is 19.5 Å². The van der Waals surface area contributed by atoms with E-state index in [4.69, 9.17) is 5.11 Å². The maximum absolute atomic E-state index is 12.7. The van der Waals surface area contributed by atoms with Crippen molar-refractivity contribution in [3.05, 3.63) is 34.6 Å². The molecule has 8 nitrogen and oxygen atoms in total. The number of carbonyl (C=O) groups is 2. The molecule has 2 aromatic rings. The van der Waals surface area contributed by atoms with E-state index < -0.39 is 11.9 Å². The van der Waals surface area contributed by atoms with Crippen molar-refractivity contribution in [2.24, 2.45) is 0 Å².